The molecule has 19 nitrogen and oxygen atoms in total. The fourth-order valence-electron chi connectivity index (χ4n) is 9.73. The number of hydrogen-bond donors (Lipinski definition) is 1. The van der Waals surface area contributed by atoms with Gasteiger partial charge < -0.3 is 47.7 Å². The second kappa shape index (κ2) is 17.1. The monoisotopic (exact) mass is 867 g/mol. The summed E-state index contributed by atoms with van der Waals surface area (Å²) in [6.45, 7) is 7.16. The highest BCUT2D eigenvalue weighted by Gasteiger charge is 2.92. The zero-order valence-corrected chi connectivity index (χ0v) is 35.4. The molecule has 0 amide bonds. The largest absolute Gasteiger partial charge is 0.465 e. The van der Waals surface area contributed by atoms with Crippen molar-refractivity contribution in [3.05, 3.63) is 65.5 Å². The molecule has 2 aliphatic heterocycles. The molecule has 3 fully saturated rings. The number of aromatic nitrogens is 1. The van der Waals surface area contributed by atoms with Gasteiger partial charge in [-0.15, -0.1) is 0 Å². The van der Waals surface area contributed by atoms with E-state index in [-0.39, 0.29) is 29.7 Å². The third-order valence-electron chi connectivity index (χ3n) is 12.1. The van der Waals surface area contributed by atoms with Crippen LogP contribution in [0.1, 0.15) is 88.2 Å². The van der Waals surface area contributed by atoms with Crippen molar-refractivity contribution < 1.29 is 86.1 Å². The normalized spacial score (nSPS) is 35.0. The topological polar surface area (TPSA) is 253 Å². The molecule has 62 heavy (non-hydrogen) atoms. The summed E-state index contributed by atoms with van der Waals surface area (Å²) >= 11 is 0. The molecular weight excluding hydrogens is 818 g/mol. The molecule has 0 unspecified atom stereocenters. The highest BCUT2D eigenvalue weighted by atomic mass is 16.7. The SMILES string of the molecule is CC(=O)OC[C@]12[C@H](OC(C)=O)[C@H](OC(C)=O)[C@@H]3[C@@H](OC(C)=O)[C@@]14O[C@@]3(C)COC(=O)c1cccnc1CC[C@H](C)C(=O)O[C@@H]([C@H](OC(=O)c1ccccc1)[C@@H]2OC(C)=O)[C@]4(C)O. The highest BCUT2D eigenvalue weighted by Crippen LogP contribution is 2.70. The van der Waals surface area contributed by atoms with E-state index in [0.717, 1.165) is 41.5 Å². The summed E-state index contributed by atoms with van der Waals surface area (Å²) in [5, 5.41) is 13.6. The van der Waals surface area contributed by atoms with E-state index >= 15 is 0 Å². The smallest absolute Gasteiger partial charge is 0.340 e. The molecule has 1 saturated heterocycles. The maximum Gasteiger partial charge on any atom is 0.340 e. The van der Waals surface area contributed by atoms with Crippen LogP contribution in [-0.2, 0) is 77.8 Å². The van der Waals surface area contributed by atoms with Crippen LogP contribution in [0.3, 0.4) is 0 Å². The molecule has 2 aliphatic carbocycles. The van der Waals surface area contributed by atoms with Gasteiger partial charge in [0.25, 0.3) is 0 Å². The minimum absolute atomic E-state index is 0.0225. The van der Waals surface area contributed by atoms with Gasteiger partial charge in [-0.25, -0.2) is 9.59 Å². The molecule has 2 aromatic rings. The van der Waals surface area contributed by atoms with Gasteiger partial charge in [-0.05, 0) is 51.0 Å². The number of nitrogens with zero attached hydrogens (tertiary/aromatic N) is 1. The number of carbonyl (C=O) groups is 8. The first kappa shape index (κ1) is 45.6. The van der Waals surface area contributed by atoms with Gasteiger partial charge in [-0.1, -0.05) is 25.1 Å². The number of benzene rings is 1. The molecule has 12 atom stereocenters. The summed E-state index contributed by atoms with van der Waals surface area (Å²) in [7, 11) is 0. The molecule has 2 saturated carbocycles. The first-order valence-electron chi connectivity index (χ1n) is 19.9. The lowest BCUT2D eigenvalue weighted by Gasteiger charge is -2.67. The molecule has 6 rings (SSSR count). The Morgan fingerprint density at radius 2 is 1.37 bits per heavy atom. The van der Waals surface area contributed by atoms with Crippen molar-refractivity contribution in [3.63, 3.8) is 0 Å². The predicted molar refractivity (Wildman–Crippen MR) is 205 cm³/mol. The van der Waals surface area contributed by atoms with Crippen LogP contribution in [0.2, 0.25) is 0 Å². The lowest BCUT2D eigenvalue weighted by Crippen LogP contribution is -2.89. The standard InChI is InChI=1S/C43H49NO18/c1-21-16-17-29-28(15-12-18-44-29)39(52)55-19-40(7)30-31(56-23(3)46)35(58-25(5)48)42(20-54-22(2)45)36(59-26(6)49)32(60-38(51)27-13-10-9-11-14-27)34(61-37(21)50)41(8,53)43(42,62-40)33(30)57-24(4)47/h9-15,18,21,30-36,53H,16-17,19-20H2,1-8H3/t21-,30+,31+,32-,33+,34-,35+,36-,40-,41-,42+,43-/m0/s1. The lowest BCUT2D eigenvalue weighted by molar-refractivity contribution is -0.386. The highest BCUT2D eigenvalue weighted by molar-refractivity contribution is 5.91. The van der Waals surface area contributed by atoms with Gasteiger partial charge in [0, 0.05) is 40.8 Å². The van der Waals surface area contributed by atoms with Crippen molar-refractivity contribution >= 4 is 47.8 Å². The summed E-state index contributed by atoms with van der Waals surface area (Å²) in [6.07, 6.45) is -10.6. The minimum atomic E-state index is -2.86. The number of rotatable bonds is 8. The lowest BCUT2D eigenvalue weighted by atomic mass is 9.45. The third kappa shape index (κ3) is 7.76. The zero-order chi connectivity index (χ0) is 45.5. The Hall–Kier alpha value is -5.95. The maximum absolute atomic E-state index is 14.4. The van der Waals surface area contributed by atoms with Crippen molar-refractivity contribution in [2.24, 2.45) is 17.3 Å². The van der Waals surface area contributed by atoms with Gasteiger partial charge >= 0.3 is 47.8 Å². The molecule has 4 aliphatic rings. The Morgan fingerprint density at radius 3 is 1.97 bits per heavy atom. The van der Waals surface area contributed by atoms with E-state index in [4.69, 9.17) is 42.6 Å². The summed E-state index contributed by atoms with van der Waals surface area (Å²) in [5.74, 6) is -10.7. The molecule has 1 aromatic carbocycles. The Morgan fingerprint density at radius 1 is 0.774 bits per heavy atom. The zero-order valence-electron chi connectivity index (χ0n) is 35.4. The fraction of sp³-hybridized carbons (Fsp3) is 0.558. The third-order valence-corrected chi connectivity index (χ3v) is 12.1. The number of pyridine rings is 1. The van der Waals surface area contributed by atoms with Gasteiger partial charge in [0.15, 0.2) is 30.0 Å². The maximum atomic E-state index is 14.4. The first-order valence-corrected chi connectivity index (χ1v) is 19.9. The quantitative estimate of drug-likeness (QED) is 0.295. The average molecular weight is 868 g/mol. The van der Waals surface area contributed by atoms with Crippen molar-refractivity contribution in [3.8, 4) is 0 Å². The van der Waals surface area contributed by atoms with Crippen molar-refractivity contribution in [2.75, 3.05) is 13.2 Å². The number of aryl methyl sites for hydroxylation is 1. The van der Waals surface area contributed by atoms with E-state index < -0.39 is 132 Å². The van der Waals surface area contributed by atoms with Gasteiger partial charge in [0.05, 0.1) is 28.7 Å². The van der Waals surface area contributed by atoms with Crippen LogP contribution >= 0.6 is 0 Å². The number of fused-ring (bicyclic) bond motifs is 5. The van der Waals surface area contributed by atoms with Gasteiger partial charge in [-0.3, -0.25) is 33.8 Å². The molecular formula is C43H49NO18. The van der Waals surface area contributed by atoms with Crippen LogP contribution in [0.5, 0.6) is 0 Å². The van der Waals surface area contributed by atoms with Crippen LogP contribution in [0.4, 0.5) is 0 Å². The number of aliphatic hydroxyl groups is 1. The van der Waals surface area contributed by atoms with Gasteiger partial charge in [0.2, 0.25) is 0 Å². The summed E-state index contributed by atoms with van der Waals surface area (Å²) in [6, 6.07) is 10.4. The number of carbonyl (C=O) groups excluding carboxylic acids is 8. The van der Waals surface area contributed by atoms with Crippen LogP contribution in [0.15, 0.2) is 48.7 Å². The van der Waals surface area contributed by atoms with Crippen molar-refractivity contribution in [1.29, 1.82) is 0 Å². The minimum Gasteiger partial charge on any atom is -0.465 e. The van der Waals surface area contributed by atoms with E-state index in [0.29, 0.717) is 0 Å². The van der Waals surface area contributed by atoms with Crippen LogP contribution in [-0.4, -0.2) is 124 Å². The molecule has 19 heteroatoms. The first-order chi connectivity index (χ1) is 29.1. The van der Waals surface area contributed by atoms with Gasteiger partial charge in [0.1, 0.15) is 42.0 Å². The number of cyclic esters (lactones) is 1. The Labute approximate surface area is 355 Å². The summed E-state index contributed by atoms with van der Waals surface area (Å²) in [4.78, 5) is 113. The molecule has 3 heterocycles. The van der Waals surface area contributed by atoms with E-state index in [2.05, 4.69) is 4.98 Å². The second-order valence-electron chi connectivity index (χ2n) is 16.4. The van der Waals surface area contributed by atoms with E-state index in [9.17, 15) is 43.5 Å². The van der Waals surface area contributed by atoms with E-state index in [1.165, 1.54) is 56.4 Å². The number of ether oxygens (including phenoxy) is 9. The number of esters is 8. The van der Waals surface area contributed by atoms with E-state index in [1.807, 2.05) is 0 Å². The van der Waals surface area contributed by atoms with Gasteiger partial charge in [-0.2, -0.15) is 0 Å². The van der Waals surface area contributed by atoms with Crippen LogP contribution in [0.25, 0.3) is 0 Å². The van der Waals surface area contributed by atoms with E-state index in [1.54, 1.807) is 6.07 Å². The Bertz CT molecular complexity index is 2140. The molecule has 1 spiro atoms. The molecule has 0 radical (unpaired) electrons. The molecule has 4 bridgehead atoms. The average Bonchev–Trinajstić information content (AvgIpc) is 3.41. The second-order valence-corrected chi connectivity index (χ2v) is 16.4. The van der Waals surface area contributed by atoms with Crippen LogP contribution < -0.4 is 0 Å². The molecule has 1 aromatic heterocycles. The predicted octanol–water partition coefficient (Wildman–Crippen LogP) is 2.16. The summed E-state index contributed by atoms with van der Waals surface area (Å²) < 4.78 is 55.3. The van der Waals surface area contributed by atoms with Crippen molar-refractivity contribution in [1.82, 2.24) is 4.98 Å². The summed E-state index contributed by atoms with van der Waals surface area (Å²) in [5.41, 5.74) is -10.1. The fourth-order valence-corrected chi connectivity index (χ4v) is 9.73. The number of hydrogen-bond acceptors (Lipinski definition) is 19. The molecule has 1 N–H and O–H groups in total. The Balaban J connectivity index is 1.77. The van der Waals surface area contributed by atoms with Crippen molar-refractivity contribution in [2.45, 2.75) is 122 Å². The van der Waals surface area contributed by atoms with Crippen LogP contribution in [0, 0.1) is 17.3 Å². The Kier molecular flexibility index (Phi) is 12.6. The molecule has 334 valence electrons.